The summed E-state index contributed by atoms with van der Waals surface area (Å²) in [6.07, 6.45) is 12.9. The van der Waals surface area contributed by atoms with Crippen LogP contribution in [0.3, 0.4) is 0 Å². The lowest BCUT2D eigenvalue weighted by molar-refractivity contribution is -0.134. The van der Waals surface area contributed by atoms with Crippen molar-refractivity contribution >= 4 is 199 Å². The third-order valence-electron chi connectivity index (χ3n) is 26.7. The van der Waals surface area contributed by atoms with Crippen LogP contribution in [-0.2, 0) is 19.2 Å². The minimum Gasteiger partial charge on any atom is -0.508 e. The number of rotatable bonds is 14. The molecule has 26 nitrogen and oxygen atoms in total. The molecule has 3 atom stereocenters. The Hall–Kier alpha value is -13.4. The number of anilines is 5. The molecule has 5 saturated heterocycles. The van der Waals surface area contributed by atoms with E-state index in [1.165, 1.54) is 50.5 Å². The number of piperidine rings is 2. The number of aromatic nitrogens is 10. The van der Waals surface area contributed by atoms with Gasteiger partial charge >= 0.3 is 0 Å². The molecule has 144 heavy (non-hydrogen) atoms. The standard InChI is InChI=1S/C24H21ClFN3O.C23H25ClN4O.C21H20Cl2N4O.C20H18Cl2N4O2.C20H17ClF2N4O2/c1-14-5-4-8-29(12-14)24-19-11-20(25)21(22(26)23(19)27-13-28-24)18-10-16(30)9-15-6-2-3-7-17(15)18;1-3-17-14-27(10-11-28(17)22(29)4-2)23-19-12-20(24)18(13-21(19)25-15-26-23)16-8-6-5-7-9-16;1-24-21(28)14-3-2-8-27(11-14)20-17-9-16(13-4-6-15(22)7-5-13)18(23)10-19(17)25-12-26-20;21-14-3-1-13(2-4-14)15-9-16-18(10-17(15)22)23-12-24-20(16)26-7-5-25(6-8-26)19(28)11-27;1-11(28)26-5-7-27(8-6-26)20-12-9-13(21)16(18(23)19(12)24-10-25-20)17-14(22)3-2-4-15(17)29/h2-3,6-7,9-11,13-14,30H,4-5,8,12H2,1H3;5-9,12-13,15,17H,3-4,10-11,14H2,1-2H3;4-7,9-10,12,14H,2-3,8,11H2,1H3,(H,24,28);1-4,9-10,12,27H,5-8,11H2;2-4,9-10,29H,5-8H2,1H3. The monoisotopic (exact) mass is 2080 g/mol. The normalized spacial score (nSPS) is 16.0. The third-order valence-corrected chi connectivity index (χ3v) is 28.8. The van der Waals surface area contributed by atoms with Gasteiger partial charge in [0, 0.05) is 194 Å². The Morgan fingerprint density at radius 1 is 0.410 bits per heavy atom. The van der Waals surface area contributed by atoms with E-state index in [0.717, 1.165) is 165 Å². The van der Waals surface area contributed by atoms with Gasteiger partial charge < -0.3 is 59.8 Å². The highest BCUT2D eigenvalue weighted by Crippen LogP contribution is 2.47. The van der Waals surface area contributed by atoms with Crippen LogP contribution in [0.4, 0.5) is 42.3 Å². The van der Waals surface area contributed by atoms with Crippen molar-refractivity contribution in [1.29, 1.82) is 0 Å². The third kappa shape index (κ3) is 22.3. The quantitative estimate of drug-likeness (QED) is 0.0786. The Bertz CT molecular complexity index is 7470. The van der Waals surface area contributed by atoms with Gasteiger partial charge in [0.15, 0.2) is 11.6 Å². The van der Waals surface area contributed by atoms with Gasteiger partial charge in [-0.15, -0.1) is 0 Å². The van der Waals surface area contributed by atoms with E-state index in [4.69, 9.17) is 86.3 Å². The number of aliphatic hydroxyl groups is 1. The Kier molecular flexibility index (Phi) is 32.4. The number of halogens is 10. The Balaban J connectivity index is 0.000000123. The predicted octanol–water partition coefficient (Wildman–Crippen LogP) is 22.4. The van der Waals surface area contributed by atoms with E-state index in [9.17, 15) is 33.8 Å². The summed E-state index contributed by atoms with van der Waals surface area (Å²) in [6.45, 7) is 17.3. The molecule has 4 N–H and O–H groups in total. The first kappa shape index (κ1) is 102. The second-order valence-electron chi connectivity index (χ2n) is 35.7. The maximum Gasteiger partial charge on any atom is 0.248 e. The number of carbonyl (C=O) groups excluding carboxylic acids is 4. The molecule has 0 spiro atoms. The average molecular weight is 2080 g/mol. The summed E-state index contributed by atoms with van der Waals surface area (Å²) < 4.78 is 45.5. The summed E-state index contributed by atoms with van der Waals surface area (Å²) >= 11 is 44.7. The topological polar surface area (TPSA) is 296 Å². The lowest BCUT2D eigenvalue weighted by Gasteiger charge is -2.42. The molecule has 5 aliphatic heterocycles. The molecule has 4 amide bonds. The van der Waals surface area contributed by atoms with Crippen molar-refractivity contribution in [3.05, 3.63) is 266 Å². The van der Waals surface area contributed by atoms with Crippen LogP contribution < -0.4 is 29.8 Å². The molecule has 11 aromatic carbocycles. The summed E-state index contributed by atoms with van der Waals surface area (Å²) in [6, 6.07) is 54.8. The highest BCUT2D eigenvalue weighted by molar-refractivity contribution is 6.37. The molecule has 0 bridgehead atoms. The van der Waals surface area contributed by atoms with Crippen LogP contribution in [0.2, 0.25) is 35.2 Å². The minimum absolute atomic E-state index is 0.000576. The summed E-state index contributed by atoms with van der Waals surface area (Å²) in [5, 5.41) is 40.9. The molecule has 16 aromatic rings. The Labute approximate surface area is 864 Å². The highest BCUT2D eigenvalue weighted by atomic mass is 35.5. The molecule has 740 valence electrons. The first-order chi connectivity index (χ1) is 69.6. The fourth-order valence-corrected chi connectivity index (χ4v) is 21.0. The summed E-state index contributed by atoms with van der Waals surface area (Å²) in [4.78, 5) is 108. The number of nitrogens with one attached hydrogen (secondary N) is 1. The number of fused-ring (bicyclic) bond motifs is 6. The second-order valence-corrected chi connectivity index (χ2v) is 38.6. The van der Waals surface area contributed by atoms with Crippen molar-refractivity contribution in [3.8, 4) is 67.1 Å². The maximum absolute atomic E-state index is 15.8. The van der Waals surface area contributed by atoms with Gasteiger partial charge in [-0.3, -0.25) is 19.2 Å². The number of aliphatic hydroxyl groups excluding tert-OH is 1. The van der Waals surface area contributed by atoms with E-state index >= 15 is 8.78 Å². The van der Waals surface area contributed by atoms with Crippen LogP contribution in [0.25, 0.3) is 121 Å². The lowest BCUT2D eigenvalue weighted by atomic mass is 9.96. The van der Waals surface area contributed by atoms with Gasteiger partial charge in [0.2, 0.25) is 23.6 Å². The fraction of sp³-hybridized carbons (Fsp3) is 0.278. The first-order valence-corrected chi connectivity index (χ1v) is 50.1. The SMILES string of the molecule is CC(=O)N1CCN(c2ncnc3c(F)c(-c4c(O)cccc4F)c(Cl)cc23)CC1.CC1CCCN(c2ncnc3c(F)c(-c4cc(O)cc5ccccc45)c(Cl)cc23)C1.CCC(=O)N1CCN(c2ncnc3cc(-c4ccccc4)c(Cl)cc23)CC1CC.CNC(=O)C1CCCN(c2ncnc3cc(Cl)c(-c4ccc(Cl)cc4)cc23)C1.O=C(CO)N1CCN(c2ncnc3cc(Cl)c(-c4ccc(Cl)cc4)cc23)CC1. The van der Waals surface area contributed by atoms with E-state index < -0.39 is 29.8 Å². The Morgan fingerprint density at radius 2 is 0.868 bits per heavy atom. The minimum atomic E-state index is -0.834. The van der Waals surface area contributed by atoms with Gasteiger partial charge in [0.1, 0.15) is 95.7 Å². The van der Waals surface area contributed by atoms with E-state index in [2.05, 4.69) is 88.6 Å². The van der Waals surface area contributed by atoms with Crippen molar-refractivity contribution in [2.45, 2.75) is 72.3 Å². The van der Waals surface area contributed by atoms with Gasteiger partial charge in [0.05, 0.1) is 48.1 Å². The van der Waals surface area contributed by atoms with Crippen LogP contribution >= 0.6 is 81.2 Å². The molecule has 36 heteroatoms. The summed E-state index contributed by atoms with van der Waals surface area (Å²) in [5.74, 6) is 1.84. The number of phenolic OH excluding ortho intramolecular Hbond substituents is 2. The highest BCUT2D eigenvalue weighted by Gasteiger charge is 2.35. The molecule has 5 fully saturated rings. The zero-order valence-corrected chi connectivity index (χ0v) is 84.6. The number of phenols is 2. The Morgan fingerprint density at radius 3 is 1.41 bits per heavy atom. The van der Waals surface area contributed by atoms with Crippen LogP contribution in [-0.4, -0.2) is 221 Å². The van der Waals surface area contributed by atoms with Crippen molar-refractivity contribution < 1.29 is 47.7 Å². The second kappa shape index (κ2) is 45.7. The van der Waals surface area contributed by atoms with Crippen molar-refractivity contribution in [3.63, 3.8) is 0 Å². The number of nitrogens with zero attached hydrogens (tertiary/aromatic N) is 18. The van der Waals surface area contributed by atoms with Crippen LogP contribution in [0, 0.1) is 29.3 Å². The zero-order valence-electron chi connectivity index (χ0n) is 79.3. The number of benzene rings is 11. The first-order valence-electron chi connectivity index (χ1n) is 47.4. The molecular formula is C108H101Cl7F3N19O7. The number of piperazine rings is 3. The van der Waals surface area contributed by atoms with Crippen molar-refractivity contribution in [2.75, 3.05) is 136 Å². The molecule has 3 unspecified atom stereocenters. The number of hydrogen-bond donors (Lipinski definition) is 4. The number of amides is 4. The maximum atomic E-state index is 15.8. The molecule has 5 aliphatic rings. The van der Waals surface area contributed by atoms with Gasteiger partial charge in [-0.2, -0.15) is 0 Å². The molecule has 10 heterocycles. The molecule has 21 rings (SSSR count). The van der Waals surface area contributed by atoms with Crippen molar-refractivity contribution in [1.82, 2.24) is 69.9 Å². The number of hydrogen-bond acceptors (Lipinski definition) is 22. The molecule has 0 radical (unpaired) electrons. The van der Waals surface area contributed by atoms with Gasteiger partial charge in [0.25, 0.3) is 0 Å². The predicted molar refractivity (Wildman–Crippen MR) is 569 cm³/mol. The average Bonchev–Trinajstić information content (AvgIpc) is 0.832. The number of aromatic hydroxyl groups is 2. The van der Waals surface area contributed by atoms with Crippen LogP contribution in [0.15, 0.2) is 214 Å². The van der Waals surface area contributed by atoms with Crippen LogP contribution in [0.5, 0.6) is 11.5 Å². The lowest BCUT2D eigenvalue weighted by Crippen LogP contribution is -2.55. The summed E-state index contributed by atoms with van der Waals surface area (Å²) in [5.41, 5.74) is 8.63. The van der Waals surface area contributed by atoms with E-state index in [-0.39, 0.29) is 79.1 Å². The van der Waals surface area contributed by atoms with Gasteiger partial charge in [-0.25, -0.2) is 63.0 Å². The summed E-state index contributed by atoms with van der Waals surface area (Å²) in [7, 11) is 1.68. The smallest absolute Gasteiger partial charge is 0.248 e. The molecule has 5 aromatic heterocycles. The zero-order chi connectivity index (χ0) is 101. The van der Waals surface area contributed by atoms with Crippen molar-refractivity contribution in [2.24, 2.45) is 11.8 Å². The fourth-order valence-electron chi connectivity index (χ4n) is 19.4. The molecule has 0 saturated carbocycles. The largest absolute Gasteiger partial charge is 0.508 e. The van der Waals surface area contributed by atoms with Gasteiger partial charge in [-0.05, 0) is 168 Å². The van der Waals surface area contributed by atoms with Gasteiger partial charge in [-0.1, -0.05) is 187 Å². The molecular weight excluding hydrogens is 1980 g/mol. The van der Waals surface area contributed by atoms with Crippen LogP contribution in [0.1, 0.15) is 66.2 Å². The van der Waals surface area contributed by atoms with E-state index in [1.54, 1.807) is 47.7 Å². The van der Waals surface area contributed by atoms with E-state index in [0.29, 0.717) is 125 Å². The number of carbonyl (C=O) groups is 4. The van der Waals surface area contributed by atoms with E-state index in [1.807, 2.05) is 156 Å². The molecule has 0 aliphatic carbocycles.